The van der Waals surface area contributed by atoms with Crippen LogP contribution in [-0.2, 0) is 0 Å². The lowest BCUT2D eigenvalue weighted by atomic mass is 9.88. The monoisotopic (exact) mass is 240 g/mol. The van der Waals surface area contributed by atoms with Gasteiger partial charge in [-0.15, -0.1) is 6.42 Å². The molecule has 1 heterocycles. The molecular weight excluding hydrogens is 216 g/mol. The zero-order valence-corrected chi connectivity index (χ0v) is 11.3. The number of hydrogen-bond acceptors (Lipinski definition) is 3. The largest absolute Gasteiger partial charge is 0.329 e. The van der Waals surface area contributed by atoms with E-state index in [1.54, 1.807) is 0 Å². The third-order valence-electron chi connectivity index (χ3n) is 3.52. The second-order valence-corrected chi connectivity index (χ2v) is 6.08. The normalized spacial score (nSPS) is 32.0. The molecule has 1 rings (SSSR count). The molecular formula is C13H24N2S. The summed E-state index contributed by atoms with van der Waals surface area (Å²) in [6.07, 6.45) is 10.1. The predicted octanol–water partition coefficient (Wildman–Crippen LogP) is 1.99. The number of thioether (sulfide) groups is 1. The van der Waals surface area contributed by atoms with Gasteiger partial charge in [-0.2, -0.15) is 11.8 Å². The van der Waals surface area contributed by atoms with Gasteiger partial charge in [0.15, 0.2) is 0 Å². The van der Waals surface area contributed by atoms with E-state index in [-0.39, 0.29) is 11.6 Å². The number of nitrogens with two attached hydrogens (primary N) is 1. The molecule has 92 valence electrons. The average molecular weight is 240 g/mol. The molecule has 0 bridgehead atoms. The fourth-order valence-corrected chi connectivity index (χ4v) is 3.63. The maximum Gasteiger partial charge on any atom is 0.0691 e. The molecule has 0 amide bonds. The van der Waals surface area contributed by atoms with Gasteiger partial charge in [-0.1, -0.05) is 26.2 Å². The Morgan fingerprint density at radius 3 is 2.94 bits per heavy atom. The van der Waals surface area contributed by atoms with Crippen LogP contribution in [0.5, 0.6) is 0 Å². The molecule has 1 fully saturated rings. The van der Waals surface area contributed by atoms with Crippen LogP contribution in [0.15, 0.2) is 0 Å². The lowest BCUT2D eigenvalue weighted by Gasteiger charge is -2.44. The molecule has 0 radical (unpaired) electrons. The second-order valence-electron chi connectivity index (χ2n) is 4.63. The van der Waals surface area contributed by atoms with Gasteiger partial charge >= 0.3 is 0 Å². The Morgan fingerprint density at radius 2 is 2.44 bits per heavy atom. The Balaban J connectivity index is 2.67. The lowest BCUT2D eigenvalue weighted by molar-refractivity contribution is 0.277. The molecule has 0 aromatic heterocycles. The van der Waals surface area contributed by atoms with Crippen LogP contribution in [0, 0.1) is 12.3 Å². The highest BCUT2D eigenvalue weighted by molar-refractivity contribution is 8.00. The maximum absolute atomic E-state index is 5.98. The summed E-state index contributed by atoms with van der Waals surface area (Å²) in [5, 5.41) is 4.19. The van der Waals surface area contributed by atoms with Crippen molar-refractivity contribution < 1.29 is 0 Å². The van der Waals surface area contributed by atoms with Gasteiger partial charge < -0.3 is 5.73 Å². The van der Waals surface area contributed by atoms with Crippen LogP contribution in [-0.4, -0.2) is 29.1 Å². The van der Waals surface area contributed by atoms with Crippen molar-refractivity contribution in [3.05, 3.63) is 0 Å². The summed E-state index contributed by atoms with van der Waals surface area (Å²) in [5.41, 5.74) is 6.03. The van der Waals surface area contributed by atoms with Crippen molar-refractivity contribution in [2.24, 2.45) is 5.73 Å². The molecule has 0 spiro atoms. The summed E-state index contributed by atoms with van der Waals surface area (Å²) in [4.78, 5) is 0. The first-order valence-electron chi connectivity index (χ1n) is 6.24. The van der Waals surface area contributed by atoms with Gasteiger partial charge in [0.05, 0.1) is 6.04 Å². The first-order valence-corrected chi connectivity index (χ1v) is 7.29. The molecule has 3 atom stereocenters. The summed E-state index contributed by atoms with van der Waals surface area (Å²) in [6.45, 7) is 5.12. The number of nitrogens with one attached hydrogen (secondary N) is 1. The fourth-order valence-electron chi connectivity index (χ4n) is 2.36. The SMILES string of the molecule is C#CC(CCC)NC1(CN)CCCSC1C. The van der Waals surface area contributed by atoms with Crippen LogP contribution in [0.1, 0.15) is 39.5 Å². The smallest absolute Gasteiger partial charge is 0.0691 e. The molecule has 3 unspecified atom stereocenters. The van der Waals surface area contributed by atoms with E-state index >= 15 is 0 Å². The number of hydrogen-bond donors (Lipinski definition) is 2. The molecule has 0 saturated carbocycles. The minimum Gasteiger partial charge on any atom is -0.329 e. The lowest BCUT2D eigenvalue weighted by Crippen LogP contribution is -2.61. The van der Waals surface area contributed by atoms with Crippen molar-refractivity contribution in [3.63, 3.8) is 0 Å². The molecule has 0 aromatic rings. The summed E-state index contributed by atoms with van der Waals surface area (Å²) < 4.78 is 0. The Kier molecular flexibility index (Phi) is 5.68. The van der Waals surface area contributed by atoms with Gasteiger partial charge in [0, 0.05) is 17.3 Å². The zero-order valence-electron chi connectivity index (χ0n) is 10.5. The van der Waals surface area contributed by atoms with E-state index in [0.29, 0.717) is 11.8 Å². The molecule has 2 nitrogen and oxygen atoms in total. The topological polar surface area (TPSA) is 38.0 Å². The highest BCUT2D eigenvalue weighted by Gasteiger charge is 2.38. The van der Waals surface area contributed by atoms with E-state index in [9.17, 15) is 0 Å². The van der Waals surface area contributed by atoms with Crippen LogP contribution in [0.3, 0.4) is 0 Å². The van der Waals surface area contributed by atoms with Crippen molar-refractivity contribution in [2.45, 2.75) is 56.4 Å². The third-order valence-corrected chi connectivity index (χ3v) is 4.99. The summed E-state index contributed by atoms with van der Waals surface area (Å²) in [5.74, 6) is 4.10. The number of rotatable bonds is 5. The first kappa shape index (κ1) is 13.9. The summed E-state index contributed by atoms with van der Waals surface area (Å²) in [7, 11) is 0. The van der Waals surface area contributed by atoms with E-state index in [2.05, 4.69) is 25.1 Å². The van der Waals surface area contributed by atoms with Gasteiger partial charge in [-0.05, 0) is 25.0 Å². The van der Waals surface area contributed by atoms with Gasteiger partial charge in [-0.25, -0.2) is 0 Å². The second kappa shape index (κ2) is 6.54. The summed E-state index contributed by atoms with van der Waals surface area (Å²) >= 11 is 2.01. The molecule has 3 N–H and O–H groups in total. The highest BCUT2D eigenvalue weighted by atomic mass is 32.2. The first-order chi connectivity index (χ1) is 7.68. The van der Waals surface area contributed by atoms with E-state index in [1.165, 1.54) is 12.2 Å². The van der Waals surface area contributed by atoms with Crippen molar-refractivity contribution in [1.29, 1.82) is 0 Å². The van der Waals surface area contributed by atoms with Gasteiger partial charge in [0.1, 0.15) is 0 Å². The van der Waals surface area contributed by atoms with Crippen molar-refractivity contribution in [2.75, 3.05) is 12.3 Å². The predicted molar refractivity (Wildman–Crippen MR) is 73.6 cm³/mol. The Labute approximate surface area is 104 Å². The third kappa shape index (κ3) is 3.16. The van der Waals surface area contributed by atoms with E-state index in [1.807, 2.05) is 11.8 Å². The highest BCUT2D eigenvalue weighted by Crippen LogP contribution is 2.33. The summed E-state index contributed by atoms with van der Waals surface area (Å²) in [6, 6.07) is 0.176. The minimum atomic E-state index is 0.0507. The quantitative estimate of drug-likeness (QED) is 0.722. The van der Waals surface area contributed by atoms with Gasteiger partial charge in [0.25, 0.3) is 0 Å². The minimum absolute atomic E-state index is 0.0507. The Bertz CT molecular complexity index is 249. The molecule has 0 aliphatic carbocycles. The Morgan fingerprint density at radius 1 is 1.69 bits per heavy atom. The fraction of sp³-hybridized carbons (Fsp3) is 0.846. The van der Waals surface area contributed by atoms with Crippen LogP contribution >= 0.6 is 11.8 Å². The molecule has 16 heavy (non-hydrogen) atoms. The average Bonchev–Trinajstić information content (AvgIpc) is 2.31. The van der Waals surface area contributed by atoms with E-state index in [4.69, 9.17) is 12.2 Å². The molecule has 0 aromatic carbocycles. The molecule has 1 saturated heterocycles. The van der Waals surface area contributed by atoms with Crippen molar-refractivity contribution >= 4 is 11.8 Å². The van der Waals surface area contributed by atoms with Crippen molar-refractivity contribution in [3.8, 4) is 12.3 Å². The Hall–Kier alpha value is -0.170. The molecule has 1 aliphatic rings. The van der Waals surface area contributed by atoms with Gasteiger partial charge in [-0.3, -0.25) is 5.32 Å². The number of terminal acetylenes is 1. The van der Waals surface area contributed by atoms with Gasteiger partial charge in [0.2, 0.25) is 0 Å². The van der Waals surface area contributed by atoms with Crippen LogP contribution in [0.4, 0.5) is 0 Å². The van der Waals surface area contributed by atoms with Crippen LogP contribution in [0.25, 0.3) is 0 Å². The maximum atomic E-state index is 5.98. The van der Waals surface area contributed by atoms with Crippen molar-refractivity contribution in [1.82, 2.24) is 5.32 Å². The van der Waals surface area contributed by atoms with Crippen LogP contribution < -0.4 is 11.1 Å². The molecule has 1 aliphatic heterocycles. The van der Waals surface area contributed by atoms with E-state index < -0.39 is 0 Å². The van der Waals surface area contributed by atoms with E-state index in [0.717, 1.165) is 19.3 Å². The van der Waals surface area contributed by atoms with Crippen LogP contribution in [0.2, 0.25) is 0 Å². The zero-order chi connectivity index (χ0) is 12.0. The molecule has 3 heteroatoms. The standard InChI is InChI=1S/C13H24N2S/c1-4-7-12(5-2)15-13(10-14)8-6-9-16-11(13)3/h2,11-12,15H,4,6-10,14H2,1,3H3.